The molecule has 164 valence electrons. The summed E-state index contributed by atoms with van der Waals surface area (Å²) in [6.45, 7) is 9.50. The molecule has 1 saturated heterocycles. The van der Waals surface area contributed by atoms with Crippen molar-refractivity contribution in [2.75, 3.05) is 17.7 Å². The third-order valence-electron chi connectivity index (χ3n) is 7.66. The van der Waals surface area contributed by atoms with Crippen molar-refractivity contribution in [3.63, 3.8) is 0 Å². The van der Waals surface area contributed by atoms with E-state index in [9.17, 15) is 0 Å². The molecule has 0 spiro atoms. The summed E-state index contributed by atoms with van der Waals surface area (Å²) in [4.78, 5) is 0. The molecule has 3 aliphatic carbocycles. The van der Waals surface area contributed by atoms with Gasteiger partial charge in [-0.05, 0) is 0 Å². The van der Waals surface area contributed by atoms with Crippen LogP contribution in [0.4, 0.5) is 0 Å². The summed E-state index contributed by atoms with van der Waals surface area (Å²) in [7, 11) is -0.175. The maximum atomic E-state index is 6.60. The van der Waals surface area contributed by atoms with E-state index in [1.165, 1.54) is 45.6 Å². The van der Waals surface area contributed by atoms with Crippen molar-refractivity contribution in [2.24, 2.45) is 17.3 Å². The number of hydrogen-bond donors (Lipinski definition) is 0. The number of benzene rings is 1. The summed E-state index contributed by atoms with van der Waals surface area (Å²) in [5.74, 6) is 1.45. The van der Waals surface area contributed by atoms with Gasteiger partial charge in [0.15, 0.2) is 0 Å². The topological polar surface area (TPSA) is 18.5 Å². The number of rotatable bonds is 10. The quantitative estimate of drug-likeness (QED) is 0.132. The van der Waals surface area contributed by atoms with Crippen molar-refractivity contribution in [2.45, 2.75) is 71.5 Å². The van der Waals surface area contributed by atoms with Crippen LogP contribution < -0.4 is 47.9 Å². The Morgan fingerprint density at radius 2 is 1.72 bits per heavy atom. The molecule has 3 saturated carbocycles. The van der Waals surface area contributed by atoms with E-state index in [2.05, 4.69) is 52.0 Å². The normalized spacial score (nSPS) is 32.4. The number of alkyl halides is 4. The van der Waals surface area contributed by atoms with Gasteiger partial charge in [-0.1, -0.05) is 13.8 Å². The van der Waals surface area contributed by atoms with Crippen molar-refractivity contribution < 1.29 is 51.7 Å². The number of halogens is 2. The molecule has 4 aliphatic rings. The Bertz CT molecular complexity index is 680. The SMILES string of the molecule is CC[I-]CCC[I-]CCCc1ccc(B2OC3CC4CC(C4(C)C)C3(C)O2)cc1. The molecule has 4 fully saturated rings. The first-order chi connectivity index (χ1) is 13.9. The van der Waals surface area contributed by atoms with Crippen LogP contribution in [0.3, 0.4) is 0 Å². The second kappa shape index (κ2) is 9.66. The molecule has 1 aromatic rings. The van der Waals surface area contributed by atoms with Gasteiger partial charge in [-0.25, -0.2) is 0 Å². The van der Waals surface area contributed by atoms with Crippen LogP contribution in [0.15, 0.2) is 24.3 Å². The van der Waals surface area contributed by atoms with Gasteiger partial charge in [-0.15, -0.1) is 0 Å². The molecule has 1 aromatic carbocycles. The molecule has 29 heavy (non-hydrogen) atoms. The van der Waals surface area contributed by atoms with E-state index in [4.69, 9.17) is 9.31 Å². The fourth-order valence-electron chi connectivity index (χ4n) is 5.68. The Morgan fingerprint density at radius 3 is 2.45 bits per heavy atom. The summed E-state index contributed by atoms with van der Waals surface area (Å²) in [5, 5.41) is 0. The predicted octanol–water partition coefficient (Wildman–Crippen LogP) is -1.86. The molecule has 5 rings (SSSR count). The van der Waals surface area contributed by atoms with Gasteiger partial charge in [0.2, 0.25) is 0 Å². The Hall–Kier alpha value is 0.665. The Morgan fingerprint density at radius 1 is 1.00 bits per heavy atom. The zero-order valence-corrected chi connectivity index (χ0v) is 22.9. The molecule has 4 unspecified atom stereocenters. The predicted molar refractivity (Wildman–Crippen MR) is 114 cm³/mol. The molecular formula is C24H37BI2O2-2. The van der Waals surface area contributed by atoms with E-state index in [0.717, 1.165) is 12.3 Å². The van der Waals surface area contributed by atoms with Crippen LogP contribution in [0.2, 0.25) is 0 Å². The van der Waals surface area contributed by atoms with E-state index in [1.807, 2.05) is 0 Å². The molecular weight excluding hydrogens is 585 g/mol. The van der Waals surface area contributed by atoms with Gasteiger partial charge in [0.1, 0.15) is 0 Å². The van der Waals surface area contributed by atoms with Gasteiger partial charge in [-0.2, -0.15) is 0 Å². The van der Waals surface area contributed by atoms with Crippen LogP contribution in [-0.2, 0) is 15.7 Å². The molecule has 0 radical (unpaired) electrons. The third-order valence-corrected chi connectivity index (χ3v) is 13.3. The first-order valence-electron chi connectivity index (χ1n) is 11.4. The van der Waals surface area contributed by atoms with Crippen molar-refractivity contribution in [1.29, 1.82) is 0 Å². The summed E-state index contributed by atoms with van der Waals surface area (Å²) in [6, 6.07) is 9.11. The fraction of sp³-hybridized carbons (Fsp3) is 0.750. The van der Waals surface area contributed by atoms with Crippen LogP contribution in [0.5, 0.6) is 0 Å². The molecule has 2 nitrogen and oxygen atoms in total. The van der Waals surface area contributed by atoms with Crippen molar-refractivity contribution >= 4 is 12.6 Å². The molecule has 1 aliphatic heterocycles. The van der Waals surface area contributed by atoms with Crippen molar-refractivity contribution in [1.82, 2.24) is 0 Å². The van der Waals surface area contributed by atoms with E-state index in [-0.39, 0.29) is 18.8 Å². The summed E-state index contributed by atoms with van der Waals surface area (Å²) < 4.78 is 19.1. The standard InChI is InChI=1S/C24H37BI2O2/c1-5-26-14-7-15-27-13-6-8-18-9-11-20(12-10-18)25-28-22-17-19-16-21(23(19,2)3)24(22,4)29-25/h9-12,19,21-22H,5-8,13-17H2,1-4H3/q-2. The van der Waals surface area contributed by atoms with Gasteiger partial charge in [-0.3, -0.25) is 0 Å². The minimum absolute atomic E-state index is 0.107. The second-order valence-corrected chi connectivity index (χ2v) is 16.6. The molecule has 4 atom stereocenters. The Balaban J connectivity index is 1.23. The summed E-state index contributed by atoms with van der Waals surface area (Å²) >= 11 is 0.990. The zero-order chi connectivity index (χ0) is 20.5. The minimum atomic E-state index is -0.175. The van der Waals surface area contributed by atoms with Gasteiger partial charge in [0.25, 0.3) is 0 Å². The molecule has 0 N–H and O–H groups in total. The van der Waals surface area contributed by atoms with E-state index in [1.54, 1.807) is 8.86 Å². The van der Waals surface area contributed by atoms with Crippen molar-refractivity contribution in [3.8, 4) is 0 Å². The first-order valence-corrected chi connectivity index (χ1v) is 17.5. The van der Waals surface area contributed by atoms with Gasteiger partial charge >= 0.3 is 187 Å². The summed E-state index contributed by atoms with van der Waals surface area (Å²) in [6.07, 6.45) is 6.86. The van der Waals surface area contributed by atoms with E-state index >= 15 is 0 Å². The zero-order valence-electron chi connectivity index (χ0n) is 18.6. The van der Waals surface area contributed by atoms with Gasteiger partial charge in [0, 0.05) is 0 Å². The van der Waals surface area contributed by atoms with Crippen molar-refractivity contribution in [3.05, 3.63) is 29.8 Å². The average Bonchev–Trinajstić information content (AvgIpc) is 3.07. The van der Waals surface area contributed by atoms with Gasteiger partial charge < -0.3 is 0 Å². The maximum absolute atomic E-state index is 6.60. The number of hydrogen-bond acceptors (Lipinski definition) is 2. The average molecular weight is 622 g/mol. The molecule has 0 aromatic heterocycles. The fourth-order valence-corrected chi connectivity index (χ4v) is 11.2. The van der Waals surface area contributed by atoms with Crippen LogP contribution in [0, 0.1) is 17.3 Å². The van der Waals surface area contributed by atoms with Gasteiger partial charge in [0.05, 0.1) is 0 Å². The third kappa shape index (κ3) is 4.73. The van der Waals surface area contributed by atoms with Crippen LogP contribution in [-0.4, -0.2) is 36.5 Å². The number of aryl methyl sites for hydroxylation is 1. The summed E-state index contributed by atoms with van der Waals surface area (Å²) in [5.41, 5.74) is 2.98. The monoisotopic (exact) mass is 622 g/mol. The van der Waals surface area contributed by atoms with E-state index in [0.29, 0.717) is 53.7 Å². The Kier molecular flexibility index (Phi) is 7.61. The van der Waals surface area contributed by atoms with Crippen LogP contribution in [0.1, 0.15) is 58.9 Å². The molecule has 5 heteroatoms. The second-order valence-electron chi connectivity index (χ2n) is 9.71. The molecule has 0 amide bonds. The Labute approximate surface area is 199 Å². The van der Waals surface area contributed by atoms with Crippen LogP contribution in [0.25, 0.3) is 0 Å². The van der Waals surface area contributed by atoms with E-state index < -0.39 is 0 Å². The van der Waals surface area contributed by atoms with Crippen LogP contribution >= 0.6 is 0 Å². The first kappa shape index (κ1) is 22.8. The molecule has 2 bridgehead atoms. The molecule has 1 heterocycles.